The van der Waals surface area contributed by atoms with Gasteiger partial charge in [0.1, 0.15) is 9.84 Å². The van der Waals surface area contributed by atoms with Gasteiger partial charge < -0.3 is 10.2 Å². The molecule has 5 heteroatoms. The normalized spacial score (nSPS) is 12.3. The van der Waals surface area contributed by atoms with Gasteiger partial charge >= 0.3 is 0 Å². The lowest BCUT2D eigenvalue weighted by atomic mass is 10.3. The third-order valence-electron chi connectivity index (χ3n) is 2.24. The van der Waals surface area contributed by atoms with E-state index < -0.39 is 9.84 Å². The van der Waals surface area contributed by atoms with Gasteiger partial charge in [-0.3, -0.25) is 0 Å². The minimum atomic E-state index is -2.81. The summed E-state index contributed by atoms with van der Waals surface area (Å²) in [5.41, 5.74) is 0. The predicted molar refractivity (Wildman–Crippen MR) is 65.0 cm³/mol. The number of nitrogens with zero attached hydrogens (tertiary/aromatic N) is 1. The minimum Gasteiger partial charge on any atom is -0.317 e. The van der Waals surface area contributed by atoms with E-state index in [2.05, 4.69) is 17.1 Å². The van der Waals surface area contributed by atoms with Crippen LogP contribution < -0.4 is 5.32 Å². The zero-order chi connectivity index (χ0) is 11.7. The van der Waals surface area contributed by atoms with Crippen LogP contribution >= 0.6 is 0 Å². The molecule has 4 nitrogen and oxygen atoms in total. The predicted octanol–water partition coefficient (Wildman–Crippen LogP) is 0.353. The van der Waals surface area contributed by atoms with Gasteiger partial charge in [-0.15, -0.1) is 0 Å². The Balaban J connectivity index is 3.37. The Morgan fingerprint density at radius 1 is 1.20 bits per heavy atom. The van der Waals surface area contributed by atoms with Gasteiger partial charge in [0.05, 0.1) is 5.75 Å². The zero-order valence-electron chi connectivity index (χ0n) is 10.1. The molecule has 15 heavy (non-hydrogen) atoms. The van der Waals surface area contributed by atoms with E-state index in [0.29, 0.717) is 6.54 Å². The monoisotopic (exact) mass is 236 g/mol. The summed E-state index contributed by atoms with van der Waals surface area (Å²) in [7, 11) is -0.842. The van der Waals surface area contributed by atoms with Crippen molar-refractivity contribution in [3.8, 4) is 0 Å². The van der Waals surface area contributed by atoms with E-state index in [0.717, 1.165) is 32.5 Å². The Kier molecular flexibility index (Phi) is 8.00. The van der Waals surface area contributed by atoms with Crippen molar-refractivity contribution in [2.45, 2.75) is 19.8 Å². The number of unbranched alkanes of at least 4 members (excludes halogenated alkanes) is 1. The van der Waals surface area contributed by atoms with E-state index in [1.54, 1.807) is 0 Å². The topological polar surface area (TPSA) is 49.4 Å². The van der Waals surface area contributed by atoms with Gasteiger partial charge in [-0.05, 0) is 39.5 Å². The van der Waals surface area contributed by atoms with Crippen LogP contribution in [-0.2, 0) is 9.84 Å². The van der Waals surface area contributed by atoms with Gasteiger partial charge in [-0.2, -0.15) is 0 Å². The zero-order valence-corrected chi connectivity index (χ0v) is 10.9. The summed E-state index contributed by atoms with van der Waals surface area (Å²) < 4.78 is 21.8. The van der Waals surface area contributed by atoms with Gasteiger partial charge in [0.2, 0.25) is 0 Å². The molecule has 0 aromatic rings. The molecule has 0 rings (SSSR count). The second-order valence-electron chi connectivity index (χ2n) is 3.99. The summed E-state index contributed by atoms with van der Waals surface area (Å²) >= 11 is 0. The van der Waals surface area contributed by atoms with E-state index in [4.69, 9.17) is 0 Å². The number of hydrogen-bond acceptors (Lipinski definition) is 4. The van der Waals surface area contributed by atoms with E-state index in [-0.39, 0.29) is 5.75 Å². The first kappa shape index (κ1) is 14.9. The Morgan fingerprint density at radius 3 is 2.40 bits per heavy atom. The SMILES string of the molecule is CCNCCCCN(C)CCS(C)(=O)=O. The highest BCUT2D eigenvalue weighted by atomic mass is 32.2. The Bertz CT molecular complexity index is 240. The van der Waals surface area contributed by atoms with Crippen LogP contribution in [0.3, 0.4) is 0 Å². The lowest BCUT2D eigenvalue weighted by molar-refractivity contribution is 0.343. The average molecular weight is 236 g/mol. The maximum atomic E-state index is 10.9. The van der Waals surface area contributed by atoms with Crippen LogP contribution in [0.2, 0.25) is 0 Å². The van der Waals surface area contributed by atoms with Crippen LogP contribution in [0.15, 0.2) is 0 Å². The molecular formula is C10H24N2O2S. The van der Waals surface area contributed by atoms with Crippen molar-refractivity contribution >= 4 is 9.84 Å². The fourth-order valence-corrected chi connectivity index (χ4v) is 1.89. The van der Waals surface area contributed by atoms with Crippen LogP contribution in [-0.4, -0.2) is 58.6 Å². The molecule has 0 radical (unpaired) electrons. The van der Waals surface area contributed by atoms with Crippen LogP contribution in [0.1, 0.15) is 19.8 Å². The molecule has 1 N–H and O–H groups in total. The molecule has 0 aromatic carbocycles. The Labute approximate surface area is 94.0 Å². The third kappa shape index (κ3) is 11.8. The van der Waals surface area contributed by atoms with Crippen LogP contribution in [0.4, 0.5) is 0 Å². The quantitative estimate of drug-likeness (QED) is 0.587. The molecule has 0 spiro atoms. The first-order valence-electron chi connectivity index (χ1n) is 5.52. The molecular weight excluding hydrogens is 212 g/mol. The van der Waals surface area contributed by atoms with Gasteiger partial charge in [-0.25, -0.2) is 8.42 Å². The number of hydrogen-bond donors (Lipinski definition) is 1. The van der Waals surface area contributed by atoms with E-state index in [1.807, 2.05) is 7.05 Å². The highest BCUT2D eigenvalue weighted by Crippen LogP contribution is 1.93. The molecule has 0 aliphatic carbocycles. The maximum Gasteiger partial charge on any atom is 0.148 e. The Hall–Kier alpha value is -0.130. The van der Waals surface area contributed by atoms with Gasteiger partial charge in [-0.1, -0.05) is 6.92 Å². The van der Waals surface area contributed by atoms with Crippen molar-refractivity contribution in [1.82, 2.24) is 10.2 Å². The lowest BCUT2D eigenvalue weighted by Crippen LogP contribution is -2.26. The molecule has 0 aliphatic rings. The first-order valence-corrected chi connectivity index (χ1v) is 7.58. The Morgan fingerprint density at radius 2 is 1.87 bits per heavy atom. The molecule has 0 aliphatic heterocycles. The highest BCUT2D eigenvalue weighted by molar-refractivity contribution is 7.90. The molecule has 0 heterocycles. The first-order chi connectivity index (χ1) is 6.95. The van der Waals surface area contributed by atoms with Crippen LogP contribution in [0.5, 0.6) is 0 Å². The van der Waals surface area contributed by atoms with Crippen molar-refractivity contribution < 1.29 is 8.42 Å². The van der Waals surface area contributed by atoms with E-state index in [9.17, 15) is 8.42 Å². The molecule has 0 unspecified atom stereocenters. The summed E-state index contributed by atoms with van der Waals surface area (Å²) in [6.45, 7) is 5.78. The standard InChI is InChI=1S/C10H24N2O2S/c1-4-11-7-5-6-8-12(2)9-10-15(3,13)14/h11H,4-10H2,1-3H3. The number of sulfone groups is 1. The van der Waals surface area contributed by atoms with E-state index >= 15 is 0 Å². The number of nitrogens with one attached hydrogen (secondary N) is 1. The fraction of sp³-hybridized carbons (Fsp3) is 1.00. The summed E-state index contributed by atoms with van der Waals surface area (Å²) in [4.78, 5) is 2.08. The van der Waals surface area contributed by atoms with Gasteiger partial charge in [0.15, 0.2) is 0 Å². The largest absolute Gasteiger partial charge is 0.317 e. The fourth-order valence-electron chi connectivity index (χ4n) is 1.24. The summed E-state index contributed by atoms with van der Waals surface area (Å²) in [5.74, 6) is 0.261. The molecule has 0 saturated heterocycles. The summed E-state index contributed by atoms with van der Waals surface area (Å²) in [5, 5.41) is 3.26. The lowest BCUT2D eigenvalue weighted by Gasteiger charge is -2.15. The molecule has 0 atom stereocenters. The maximum absolute atomic E-state index is 10.9. The molecule has 0 fully saturated rings. The van der Waals surface area contributed by atoms with Gasteiger partial charge in [0, 0.05) is 12.8 Å². The molecule has 92 valence electrons. The molecule has 0 amide bonds. The minimum absolute atomic E-state index is 0.261. The second kappa shape index (κ2) is 8.07. The van der Waals surface area contributed by atoms with Gasteiger partial charge in [0.25, 0.3) is 0 Å². The van der Waals surface area contributed by atoms with E-state index in [1.165, 1.54) is 6.26 Å². The van der Waals surface area contributed by atoms with Crippen molar-refractivity contribution in [2.75, 3.05) is 45.2 Å². The highest BCUT2D eigenvalue weighted by Gasteiger charge is 2.04. The smallest absolute Gasteiger partial charge is 0.148 e. The summed E-state index contributed by atoms with van der Waals surface area (Å²) in [6, 6.07) is 0. The molecule has 0 bridgehead atoms. The van der Waals surface area contributed by atoms with Crippen molar-refractivity contribution in [2.24, 2.45) is 0 Å². The molecule has 0 saturated carbocycles. The van der Waals surface area contributed by atoms with Crippen molar-refractivity contribution in [3.05, 3.63) is 0 Å². The van der Waals surface area contributed by atoms with Crippen molar-refractivity contribution in [3.63, 3.8) is 0 Å². The van der Waals surface area contributed by atoms with Crippen molar-refractivity contribution in [1.29, 1.82) is 0 Å². The average Bonchev–Trinajstić information content (AvgIpc) is 2.13. The van der Waals surface area contributed by atoms with Crippen LogP contribution in [0.25, 0.3) is 0 Å². The summed E-state index contributed by atoms with van der Waals surface area (Å²) in [6.07, 6.45) is 3.55. The van der Waals surface area contributed by atoms with Crippen LogP contribution in [0, 0.1) is 0 Å². The molecule has 0 aromatic heterocycles. The second-order valence-corrected chi connectivity index (χ2v) is 6.25. The third-order valence-corrected chi connectivity index (χ3v) is 3.16. The number of rotatable bonds is 9.